The largest absolute Gasteiger partial charge is 0.480 e. The fourth-order valence-electron chi connectivity index (χ4n) is 0.865. The average molecular weight is 166 g/mol. The lowest BCUT2D eigenvalue weighted by Crippen LogP contribution is -2.14. The Hall–Kier alpha value is -1.58. The molecule has 1 aromatic heterocycles. The van der Waals surface area contributed by atoms with E-state index in [-0.39, 0.29) is 0 Å². The van der Waals surface area contributed by atoms with Gasteiger partial charge in [-0.25, -0.2) is 4.98 Å². The lowest BCUT2D eigenvalue weighted by atomic mass is 10.4. The van der Waals surface area contributed by atoms with Gasteiger partial charge in [-0.05, 0) is 12.1 Å². The van der Waals surface area contributed by atoms with Crippen molar-refractivity contribution in [3.05, 3.63) is 18.3 Å². The van der Waals surface area contributed by atoms with Crippen LogP contribution in [0.15, 0.2) is 18.3 Å². The number of hydrogen-bond acceptors (Lipinski definition) is 3. The van der Waals surface area contributed by atoms with Crippen LogP contribution in [-0.4, -0.2) is 25.6 Å². The van der Waals surface area contributed by atoms with E-state index in [2.05, 4.69) is 4.98 Å². The molecule has 1 heterocycles. The summed E-state index contributed by atoms with van der Waals surface area (Å²) in [6, 6.07) is 3.51. The maximum Gasteiger partial charge on any atom is 0.237 e. The summed E-state index contributed by atoms with van der Waals surface area (Å²) in [5.74, 6) is 0.451. The Morgan fingerprint density at radius 2 is 2.42 bits per heavy atom. The molecule has 0 saturated carbocycles. The Bertz CT molecular complexity index is 276. The van der Waals surface area contributed by atoms with Crippen molar-refractivity contribution in [1.29, 1.82) is 0 Å². The van der Waals surface area contributed by atoms with Crippen LogP contribution in [0.2, 0.25) is 0 Å². The number of nitrogens with zero attached hydrogens (tertiary/aromatic N) is 2. The Labute approximate surface area is 70.8 Å². The van der Waals surface area contributed by atoms with E-state index in [9.17, 15) is 4.79 Å². The Kier molecular flexibility index (Phi) is 2.63. The summed E-state index contributed by atoms with van der Waals surface area (Å²) in [6.45, 7) is 0. The molecule has 1 aromatic rings. The number of pyridine rings is 1. The number of anilines is 1. The van der Waals surface area contributed by atoms with Gasteiger partial charge in [0.05, 0.1) is 7.11 Å². The summed E-state index contributed by atoms with van der Waals surface area (Å²) in [6.07, 6.45) is 2.32. The van der Waals surface area contributed by atoms with Gasteiger partial charge in [-0.15, -0.1) is 0 Å². The molecule has 0 aliphatic carbocycles. The molecule has 1 amide bonds. The zero-order valence-electron chi connectivity index (χ0n) is 7.02. The minimum Gasteiger partial charge on any atom is -0.480 e. The van der Waals surface area contributed by atoms with E-state index in [4.69, 9.17) is 4.74 Å². The van der Waals surface area contributed by atoms with E-state index in [1.165, 1.54) is 12.0 Å². The molecule has 0 N–H and O–H groups in total. The molecule has 4 nitrogen and oxygen atoms in total. The third-order valence-corrected chi connectivity index (χ3v) is 1.48. The number of carbonyl (C=O) groups excluding carboxylic acids is 1. The molecule has 12 heavy (non-hydrogen) atoms. The molecule has 0 radical (unpaired) electrons. The van der Waals surface area contributed by atoms with E-state index in [1.807, 2.05) is 0 Å². The van der Waals surface area contributed by atoms with Crippen LogP contribution in [0.4, 0.5) is 5.69 Å². The highest BCUT2D eigenvalue weighted by Gasteiger charge is 2.06. The van der Waals surface area contributed by atoms with Crippen molar-refractivity contribution < 1.29 is 9.53 Å². The SMILES string of the molecule is COc1ncccc1N(C)C=O. The van der Waals surface area contributed by atoms with E-state index >= 15 is 0 Å². The molecule has 0 atom stereocenters. The van der Waals surface area contributed by atoms with Gasteiger partial charge in [0.15, 0.2) is 0 Å². The van der Waals surface area contributed by atoms with E-state index in [1.54, 1.807) is 25.4 Å². The molecule has 0 bridgehead atoms. The second-order valence-electron chi connectivity index (χ2n) is 2.25. The smallest absolute Gasteiger partial charge is 0.237 e. The van der Waals surface area contributed by atoms with Gasteiger partial charge < -0.3 is 9.64 Å². The predicted octanol–water partition coefficient (Wildman–Crippen LogP) is 0.683. The standard InChI is InChI=1S/C8H10N2O2/c1-10(6-11)7-4-3-5-9-8(7)12-2/h3-6H,1-2H3. The van der Waals surface area contributed by atoms with Crippen molar-refractivity contribution in [2.45, 2.75) is 0 Å². The summed E-state index contributed by atoms with van der Waals surface area (Å²) in [5.41, 5.74) is 0.662. The summed E-state index contributed by atoms with van der Waals surface area (Å²) in [5, 5.41) is 0. The Morgan fingerprint density at radius 3 is 3.00 bits per heavy atom. The van der Waals surface area contributed by atoms with Crippen molar-refractivity contribution in [3.8, 4) is 5.88 Å². The van der Waals surface area contributed by atoms with Gasteiger partial charge in [0.1, 0.15) is 5.69 Å². The third-order valence-electron chi connectivity index (χ3n) is 1.48. The van der Waals surface area contributed by atoms with E-state index in [0.29, 0.717) is 18.0 Å². The first-order valence-electron chi connectivity index (χ1n) is 3.46. The maximum absolute atomic E-state index is 10.4. The van der Waals surface area contributed by atoms with Crippen molar-refractivity contribution in [2.75, 3.05) is 19.1 Å². The fourth-order valence-corrected chi connectivity index (χ4v) is 0.865. The molecular weight excluding hydrogens is 156 g/mol. The van der Waals surface area contributed by atoms with Crippen LogP contribution < -0.4 is 9.64 Å². The molecule has 0 fully saturated rings. The normalized spacial score (nSPS) is 9.17. The molecule has 4 heteroatoms. The molecular formula is C8H10N2O2. The van der Waals surface area contributed by atoms with Gasteiger partial charge in [0.2, 0.25) is 12.3 Å². The number of methoxy groups -OCH3 is 1. The van der Waals surface area contributed by atoms with Gasteiger partial charge in [-0.2, -0.15) is 0 Å². The summed E-state index contributed by atoms with van der Waals surface area (Å²) in [7, 11) is 3.16. The van der Waals surface area contributed by atoms with Gasteiger partial charge >= 0.3 is 0 Å². The highest BCUT2D eigenvalue weighted by molar-refractivity contribution is 5.76. The second-order valence-corrected chi connectivity index (χ2v) is 2.25. The zero-order chi connectivity index (χ0) is 8.97. The van der Waals surface area contributed by atoms with Crippen LogP contribution in [0.25, 0.3) is 0 Å². The molecule has 0 spiro atoms. The maximum atomic E-state index is 10.4. The van der Waals surface area contributed by atoms with Gasteiger partial charge in [-0.3, -0.25) is 4.79 Å². The summed E-state index contributed by atoms with van der Waals surface area (Å²) in [4.78, 5) is 15.8. The van der Waals surface area contributed by atoms with Crippen molar-refractivity contribution >= 4 is 12.1 Å². The summed E-state index contributed by atoms with van der Waals surface area (Å²) < 4.78 is 4.96. The molecule has 0 aliphatic rings. The number of aromatic nitrogens is 1. The van der Waals surface area contributed by atoms with Gasteiger partial charge in [0.25, 0.3) is 0 Å². The van der Waals surface area contributed by atoms with Crippen molar-refractivity contribution in [1.82, 2.24) is 4.98 Å². The minimum atomic E-state index is 0.451. The Balaban J connectivity index is 3.04. The fraction of sp³-hybridized carbons (Fsp3) is 0.250. The monoisotopic (exact) mass is 166 g/mol. The molecule has 0 aromatic carbocycles. The lowest BCUT2D eigenvalue weighted by molar-refractivity contribution is -0.107. The number of rotatable bonds is 3. The minimum absolute atomic E-state index is 0.451. The lowest BCUT2D eigenvalue weighted by Gasteiger charge is -2.12. The first-order chi connectivity index (χ1) is 5.79. The average Bonchev–Trinajstić information content (AvgIpc) is 2.16. The molecule has 0 saturated heterocycles. The van der Waals surface area contributed by atoms with Crippen molar-refractivity contribution in [3.63, 3.8) is 0 Å². The van der Waals surface area contributed by atoms with Crippen LogP contribution in [0, 0.1) is 0 Å². The number of carbonyl (C=O) groups is 1. The molecule has 0 aliphatic heterocycles. The van der Waals surface area contributed by atoms with Crippen molar-refractivity contribution in [2.24, 2.45) is 0 Å². The van der Waals surface area contributed by atoms with Crippen LogP contribution in [-0.2, 0) is 4.79 Å². The van der Waals surface area contributed by atoms with Gasteiger partial charge in [0, 0.05) is 13.2 Å². The highest BCUT2D eigenvalue weighted by Crippen LogP contribution is 2.22. The van der Waals surface area contributed by atoms with E-state index < -0.39 is 0 Å². The quantitative estimate of drug-likeness (QED) is 0.620. The third kappa shape index (κ3) is 1.53. The molecule has 1 rings (SSSR count). The highest BCUT2D eigenvalue weighted by atomic mass is 16.5. The second kappa shape index (κ2) is 3.71. The van der Waals surface area contributed by atoms with Crippen LogP contribution in [0.5, 0.6) is 5.88 Å². The zero-order valence-corrected chi connectivity index (χ0v) is 7.02. The summed E-state index contributed by atoms with van der Waals surface area (Å²) >= 11 is 0. The first kappa shape index (κ1) is 8.52. The predicted molar refractivity (Wildman–Crippen MR) is 45.3 cm³/mol. The number of amides is 1. The molecule has 0 unspecified atom stereocenters. The Morgan fingerprint density at radius 1 is 1.67 bits per heavy atom. The first-order valence-corrected chi connectivity index (χ1v) is 3.46. The number of hydrogen-bond donors (Lipinski definition) is 0. The molecule has 64 valence electrons. The van der Waals surface area contributed by atoms with Crippen LogP contribution in [0.3, 0.4) is 0 Å². The topological polar surface area (TPSA) is 42.4 Å². The van der Waals surface area contributed by atoms with Crippen LogP contribution in [0.1, 0.15) is 0 Å². The van der Waals surface area contributed by atoms with Crippen LogP contribution >= 0.6 is 0 Å². The van der Waals surface area contributed by atoms with Gasteiger partial charge in [-0.1, -0.05) is 0 Å². The number of ether oxygens (including phenoxy) is 1. The van der Waals surface area contributed by atoms with E-state index in [0.717, 1.165) is 0 Å².